The van der Waals surface area contributed by atoms with Gasteiger partial charge >= 0.3 is 5.97 Å². The summed E-state index contributed by atoms with van der Waals surface area (Å²) in [4.78, 5) is 51.9. The second kappa shape index (κ2) is 9.27. The molecule has 3 amide bonds. The Morgan fingerprint density at radius 2 is 1.91 bits per heavy atom. The molecule has 2 saturated heterocycles. The maximum Gasteiger partial charge on any atom is 0.335 e. The molecule has 33 heavy (non-hydrogen) atoms. The number of aromatic carboxylic acids is 1. The Hall–Kier alpha value is -3.33. The SMILES string of the molecule is Cc1ccc(C(=O)O)cc1-c1ccc(/C=C2\SC(=O)N(CC(=O)N3CCC(C)CC3)C2=O)o1. The first-order chi connectivity index (χ1) is 15.7. The van der Waals surface area contributed by atoms with Gasteiger partial charge in [0.25, 0.3) is 11.1 Å². The summed E-state index contributed by atoms with van der Waals surface area (Å²) in [6, 6.07) is 8.08. The highest BCUT2D eigenvalue weighted by Crippen LogP contribution is 2.34. The fourth-order valence-corrected chi connectivity index (χ4v) is 4.67. The van der Waals surface area contributed by atoms with Crippen molar-refractivity contribution >= 4 is 40.9 Å². The van der Waals surface area contributed by atoms with Crippen molar-refractivity contribution in [3.05, 3.63) is 52.1 Å². The minimum absolute atomic E-state index is 0.141. The van der Waals surface area contributed by atoms with Gasteiger partial charge in [-0.25, -0.2) is 4.79 Å². The number of piperidine rings is 1. The number of amides is 3. The molecule has 0 bridgehead atoms. The molecule has 0 atom stereocenters. The highest BCUT2D eigenvalue weighted by atomic mass is 32.2. The summed E-state index contributed by atoms with van der Waals surface area (Å²) in [7, 11) is 0. The molecule has 0 unspecified atom stereocenters. The number of thioether (sulfide) groups is 1. The van der Waals surface area contributed by atoms with Crippen LogP contribution in [0.15, 0.2) is 39.7 Å². The summed E-state index contributed by atoms with van der Waals surface area (Å²) in [5.74, 6) is -0.402. The van der Waals surface area contributed by atoms with Crippen LogP contribution in [-0.2, 0) is 9.59 Å². The van der Waals surface area contributed by atoms with Crippen molar-refractivity contribution in [2.24, 2.45) is 5.92 Å². The molecular weight excluding hydrogens is 444 g/mol. The molecule has 172 valence electrons. The highest BCUT2D eigenvalue weighted by molar-refractivity contribution is 8.18. The monoisotopic (exact) mass is 468 g/mol. The van der Waals surface area contributed by atoms with Gasteiger partial charge in [-0.1, -0.05) is 13.0 Å². The zero-order valence-corrected chi connectivity index (χ0v) is 19.2. The van der Waals surface area contributed by atoms with Crippen LogP contribution < -0.4 is 0 Å². The van der Waals surface area contributed by atoms with E-state index in [1.165, 1.54) is 18.2 Å². The highest BCUT2D eigenvalue weighted by Gasteiger charge is 2.37. The lowest BCUT2D eigenvalue weighted by Gasteiger charge is -2.31. The summed E-state index contributed by atoms with van der Waals surface area (Å²) in [6.07, 6.45) is 3.31. The van der Waals surface area contributed by atoms with Gasteiger partial charge in [0.2, 0.25) is 5.91 Å². The average molecular weight is 469 g/mol. The Bertz CT molecular complexity index is 1160. The van der Waals surface area contributed by atoms with Crippen LogP contribution in [0.2, 0.25) is 0 Å². The molecule has 3 heterocycles. The Balaban J connectivity index is 1.48. The van der Waals surface area contributed by atoms with Gasteiger partial charge in [0, 0.05) is 24.7 Å². The molecule has 0 radical (unpaired) electrons. The van der Waals surface area contributed by atoms with Crippen molar-refractivity contribution in [2.45, 2.75) is 26.7 Å². The van der Waals surface area contributed by atoms with Gasteiger partial charge in [-0.3, -0.25) is 19.3 Å². The molecule has 1 aromatic heterocycles. The number of rotatable bonds is 5. The van der Waals surface area contributed by atoms with E-state index >= 15 is 0 Å². The number of likely N-dealkylation sites (tertiary alicyclic amines) is 1. The summed E-state index contributed by atoms with van der Waals surface area (Å²) >= 11 is 0.770. The van der Waals surface area contributed by atoms with Gasteiger partial charge in [0.15, 0.2) is 0 Å². The number of imide groups is 1. The van der Waals surface area contributed by atoms with Crippen LogP contribution in [0.4, 0.5) is 4.79 Å². The lowest BCUT2D eigenvalue weighted by molar-refractivity contribution is -0.136. The molecule has 0 aliphatic carbocycles. The van der Waals surface area contributed by atoms with Crippen molar-refractivity contribution in [3.63, 3.8) is 0 Å². The predicted octanol–water partition coefficient (Wildman–Crippen LogP) is 4.25. The lowest BCUT2D eigenvalue weighted by atomic mass is 9.99. The molecule has 2 aromatic rings. The van der Waals surface area contributed by atoms with E-state index in [9.17, 15) is 24.3 Å². The third-order valence-electron chi connectivity index (χ3n) is 5.95. The number of carbonyl (C=O) groups is 4. The Labute approximate surface area is 195 Å². The van der Waals surface area contributed by atoms with Crippen molar-refractivity contribution in [2.75, 3.05) is 19.6 Å². The molecule has 2 aliphatic heterocycles. The quantitative estimate of drug-likeness (QED) is 0.654. The minimum atomic E-state index is -1.04. The second-order valence-electron chi connectivity index (χ2n) is 8.37. The van der Waals surface area contributed by atoms with Crippen LogP contribution in [0.3, 0.4) is 0 Å². The van der Waals surface area contributed by atoms with Crippen molar-refractivity contribution in [3.8, 4) is 11.3 Å². The van der Waals surface area contributed by atoms with Gasteiger partial charge in [0.1, 0.15) is 18.1 Å². The fourth-order valence-electron chi connectivity index (χ4n) is 3.85. The third kappa shape index (κ3) is 4.88. The molecule has 0 spiro atoms. The number of carboxylic acids is 1. The van der Waals surface area contributed by atoms with E-state index in [-0.39, 0.29) is 22.9 Å². The number of aryl methyl sites for hydroxylation is 1. The molecule has 2 fully saturated rings. The van der Waals surface area contributed by atoms with Gasteiger partial charge in [-0.2, -0.15) is 0 Å². The van der Waals surface area contributed by atoms with Gasteiger partial charge in [-0.05, 0) is 67.3 Å². The minimum Gasteiger partial charge on any atom is -0.478 e. The average Bonchev–Trinajstić information content (AvgIpc) is 3.34. The van der Waals surface area contributed by atoms with E-state index in [0.29, 0.717) is 36.1 Å². The molecule has 1 N–H and O–H groups in total. The van der Waals surface area contributed by atoms with Crippen LogP contribution in [0.1, 0.15) is 41.4 Å². The van der Waals surface area contributed by atoms with Gasteiger partial charge in [-0.15, -0.1) is 0 Å². The number of carbonyl (C=O) groups excluding carboxylic acids is 3. The number of hydrogen-bond acceptors (Lipinski definition) is 6. The number of furan rings is 1. The molecular formula is C24H24N2O6S. The van der Waals surface area contributed by atoms with E-state index in [2.05, 4.69) is 6.92 Å². The maximum absolute atomic E-state index is 12.8. The van der Waals surface area contributed by atoms with E-state index < -0.39 is 17.1 Å². The van der Waals surface area contributed by atoms with E-state index in [4.69, 9.17) is 4.42 Å². The zero-order valence-electron chi connectivity index (χ0n) is 18.4. The van der Waals surface area contributed by atoms with Crippen molar-refractivity contribution < 1.29 is 28.7 Å². The topological polar surface area (TPSA) is 108 Å². The van der Waals surface area contributed by atoms with Crippen LogP contribution in [0, 0.1) is 12.8 Å². The molecule has 1 aromatic carbocycles. The first kappa shape index (κ1) is 22.8. The summed E-state index contributed by atoms with van der Waals surface area (Å²) in [5.41, 5.74) is 1.61. The number of carboxylic acid groups (broad SMARTS) is 1. The van der Waals surface area contributed by atoms with Crippen LogP contribution >= 0.6 is 11.8 Å². The Morgan fingerprint density at radius 1 is 1.18 bits per heavy atom. The maximum atomic E-state index is 12.8. The van der Waals surface area contributed by atoms with Crippen LogP contribution in [-0.4, -0.2) is 57.6 Å². The largest absolute Gasteiger partial charge is 0.478 e. The Morgan fingerprint density at radius 3 is 2.61 bits per heavy atom. The number of benzene rings is 1. The number of nitrogens with zero attached hydrogens (tertiary/aromatic N) is 2. The first-order valence-corrected chi connectivity index (χ1v) is 11.5. The summed E-state index contributed by atoms with van der Waals surface area (Å²) in [6.45, 7) is 5.01. The Kier molecular flexibility index (Phi) is 6.42. The first-order valence-electron chi connectivity index (χ1n) is 10.7. The third-order valence-corrected chi connectivity index (χ3v) is 6.86. The number of hydrogen-bond donors (Lipinski definition) is 1. The summed E-state index contributed by atoms with van der Waals surface area (Å²) < 4.78 is 5.81. The van der Waals surface area contributed by atoms with Crippen LogP contribution in [0.5, 0.6) is 0 Å². The van der Waals surface area contributed by atoms with Gasteiger partial charge in [0.05, 0.1) is 10.5 Å². The van der Waals surface area contributed by atoms with E-state index in [1.54, 1.807) is 23.1 Å². The van der Waals surface area contributed by atoms with Crippen LogP contribution in [0.25, 0.3) is 17.4 Å². The summed E-state index contributed by atoms with van der Waals surface area (Å²) in [5, 5.41) is 8.75. The normalized spacial score (nSPS) is 18.4. The molecule has 8 nitrogen and oxygen atoms in total. The van der Waals surface area contributed by atoms with E-state index in [0.717, 1.165) is 35.1 Å². The fraction of sp³-hybridized carbons (Fsp3) is 0.333. The molecule has 2 aliphatic rings. The molecule has 0 saturated carbocycles. The zero-order chi connectivity index (χ0) is 23.7. The standard InChI is InChI=1S/C24H24N2O6S/c1-14-7-9-25(10-8-14)21(27)13-26-22(28)20(33-24(26)31)12-17-5-6-19(32-17)18-11-16(23(29)30)4-3-15(18)2/h3-6,11-12,14H,7-10,13H2,1-2H3,(H,29,30)/b20-12-. The second-order valence-corrected chi connectivity index (χ2v) is 9.36. The molecule has 4 rings (SSSR count). The van der Waals surface area contributed by atoms with Crippen molar-refractivity contribution in [1.29, 1.82) is 0 Å². The van der Waals surface area contributed by atoms with Gasteiger partial charge < -0.3 is 14.4 Å². The van der Waals surface area contributed by atoms with Crippen molar-refractivity contribution in [1.82, 2.24) is 9.80 Å². The molecule has 9 heteroatoms. The smallest absolute Gasteiger partial charge is 0.335 e. The van der Waals surface area contributed by atoms with E-state index in [1.807, 2.05) is 6.92 Å². The lowest BCUT2D eigenvalue weighted by Crippen LogP contribution is -2.45. The predicted molar refractivity (Wildman–Crippen MR) is 123 cm³/mol.